The summed E-state index contributed by atoms with van der Waals surface area (Å²) in [5.74, 6) is 0. The number of hydrogen-bond acceptors (Lipinski definition) is 2. The fourth-order valence-electron chi connectivity index (χ4n) is 1.62. The van der Waals surface area contributed by atoms with Crippen LogP contribution >= 0.6 is 0 Å². The Morgan fingerprint density at radius 1 is 1.24 bits per heavy atom. The number of pyridine rings is 2. The molecule has 0 saturated carbocycles. The van der Waals surface area contributed by atoms with Gasteiger partial charge >= 0.3 is 0 Å². The number of hydrogen-bond donors (Lipinski definition) is 0. The first-order valence-corrected chi connectivity index (χ1v) is 5.83. The quantitative estimate of drug-likeness (QED) is 0.734. The van der Waals surface area contributed by atoms with Gasteiger partial charge in [-0.2, -0.15) is 4.57 Å². The SMILES string of the molecule is CCc1ccc[n+](COCc2cccnc2)c1. The van der Waals surface area contributed by atoms with Gasteiger partial charge in [0.25, 0.3) is 6.73 Å². The molecule has 0 amide bonds. The Morgan fingerprint density at radius 2 is 2.12 bits per heavy atom. The predicted molar refractivity (Wildman–Crippen MR) is 65.0 cm³/mol. The molecule has 0 aliphatic rings. The van der Waals surface area contributed by atoms with Gasteiger partial charge in [0.2, 0.25) is 0 Å². The van der Waals surface area contributed by atoms with Crippen molar-refractivity contribution in [2.45, 2.75) is 26.7 Å². The van der Waals surface area contributed by atoms with E-state index in [0.29, 0.717) is 13.3 Å². The second-order valence-electron chi connectivity index (χ2n) is 3.92. The zero-order valence-electron chi connectivity index (χ0n) is 10.0. The second-order valence-corrected chi connectivity index (χ2v) is 3.92. The highest BCUT2D eigenvalue weighted by Gasteiger charge is 2.01. The van der Waals surface area contributed by atoms with Gasteiger partial charge in [0.1, 0.15) is 0 Å². The molecule has 0 aromatic carbocycles. The molecule has 0 unspecified atom stereocenters. The molecule has 0 fully saturated rings. The van der Waals surface area contributed by atoms with Gasteiger partial charge in [-0.1, -0.05) is 13.0 Å². The fraction of sp³-hybridized carbons (Fsp3) is 0.286. The molecule has 2 heterocycles. The van der Waals surface area contributed by atoms with Crippen LogP contribution in [0.5, 0.6) is 0 Å². The van der Waals surface area contributed by atoms with E-state index in [1.54, 1.807) is 6.20 Å². The molecule has 0 N–H and O–H groups in total. The van der Waals surface area contributed by atoms with Crippen LogP contribution in [0.4, 0.5) is 0 Å². The van der Waals surface area contributed by atoms with Crippen LogP contribution in [0.2, 0.25) is 0 Å². The Morgan fingerprint density at radius 3 is 2.88 bits per heavy atom. The summed E-state index contributed by atoms with van der Waals surface area (Å²) in [6, 6.07) is 8.10. The van der Waals surface area contributed by atoms with E-state index >= 15 is 0 Å². The van der Waals surface area contributed by atoms with Crippen LogP contribution in [0.15, 0.2) is 49.1 Å². The highest BCUT2D eigenvalue weighted by Crippen LogP contribution is 1.98. The van der Waals surface area contributed by atoms with Crippen molar-refractivity contribution in [2.75, 3.05) is 0 Å². The van der Waals surface area contributed by atoms with Crippen LogP contribution in [-0.4, -0.2) is 4.98 Å². The summed E-state index contributed by atoms with van der Waals surface area (Å²) in [5, 5.41) is 0. The lowest BCUT2D eigenvalue weighted by atomic mass is 10.2. The Kier molecular flexibility index (Phi) is 4.22. The van der Waals surface area contributed by atoms with E-state index in [9.17, 15) is 0 Å². The molecule has 88 valence electrons. The smallest absolute Gasteiger partial charge is 0.252 e. The first-order chi connectivity index (χ1) is 8.38. The summed E-state index contributed by atoms with van der Waals surface area (Å²) in [7, 11) is 0. The third-order valence-corrected chi connectivity index (χ3v) is 2.56. The molecule has 0 radical (unpaired) electrons. The predicted octanol–water partition coefficient (Wildman–Crippen LogP) is 2.11. The molecule has 0 spiro atoms. The molecular formula is C14H17N2O+. The lowest BCUT2D eigenvalue weighted by Crippen LogP contribution is -2.34. The van der Waals surface area contributed by atoms with Gasteiger partial charge in [-0.15, -0.1) is 0 Å². The Balaban J connectivity index is 1.86. The van der Waals surface area contributed by atoms with Crippen LogP contribution in [-0.2, 0) is 24.5 Å². The highest BCUT2D eigenvalue weighted by atomic mass is 16.5. The molecule has 0 aliphatic heterocycles. The van der Waals surface area contributed by atoms with Gasteiger partial charge in [0.15, 0.2) is 12.4 Å². The third kappa shape index (κ3) is 3.64. The van der Waals surface area contributed by atoms with Crippen LogP contribution < -0.4 is 4.57 Å². The number of aryl methyl sites for hydroxylation is 1. The number of aromatic nitrogens is 2. The topological polar surface area (TPSA) is 26.0 Å². The van der Waals surface area contributed by atoms with Crippen molar-refractivity contribution in [3.05, 3.63) is 60.2 Å². The minimum atomic E-state index is 0.572. The first kappa shape index (κ1) is 11.7. The fourth-order valence-corrected chi connectivity index (χ4v) is 1.62. The number of ether oxygens (including phenoxy) is 1. The average molecular weight is 229 g/mol. The van der Waals surface area contributed by atoms with Crippen molar-refractivity contribution >= 4 is 0 Å². The van der Waals surface area contributed by atoms with Crippen molar-refractivity contribution in [2.24, 2.45) is 0 Å². The van der Waals surface area contributed by atoms with Crippen molar-refractivity contribution in [1.29, 1.82) is 0 Å². The summed E-state index contributed by atoms with van der Waals surface area (Å²) in [6.07, 6.45) is 8.77. The summed E-state index contributed by atoms with van der Waals surface area (Å²) in [6.45, 7) is 3.32. The maximum absolute atomic E-state index is 5.63. The standard InChI is InChI=1S/C14H17N2O/c1-2-13-6-4-8-16(10-13)12-17-11-14-5-3-7-15-9-14/h3-10H,2,11-12H2,1H3/q+1. The first-order valence-electron chi connectivity index (χ1n) is 5.83. The monoisotopic (exact) mass is 229 g/mol. The molecule has 0 aliphatic carbocycles. The summed E-state index contributed by atoms with van der Waals surface area (Å²) in [4.78, 5) is 4.05. The second kappa shape index (κ2) is 6.11. The Labute approximate surface area is 102 Å². The molecule has 0 saturated heterocycles. The number of nitrogens with zero attached hydrogens (tertiary/aromatic N) is 2. The van der Waals surface area contributed by atoms with E-state index in [1.807, 2.05) is 30.6 Å². The third-order valence-electron chi connectivity index (χ3n) is 2.56. The number of rotatable bonds is 5. The zero-order valence-corrected chi connectivity index (χ0v) is 10.0. The summed E-state index contributed by atoms with van der Waals surface area (Å²) in [5.41, 5.74) is 2.41. The van der Waals surface area contributed by atoms with Crippen LogP contribution in [0, 0.1) is 0 Å². The molecule has 17 heavy (non-hydrogen) atoms. The largest absolute Gasteiger partial charge is 0.318 e. The minimum absolute atomic E-state index is 0.572. The Hall–Kier alpha value is -1.74. The lowest BCUT2D eigenvalue weighted by molar-refractivity contribution is -0.734. The van der Waals surface area contributed by atoms with E-state index in [2.05, 4.69) is 28.7 Å². The molecule has 3 nitrogen and oxygen atoms in total. The molecule has 2 rings (SSSR count). The van der Waals surface area contributed by atoms with Crippen LogP contribution in [0.3, 0.4) is 0 Å². The average Bonchev–Trinajstić information content (AvgIpc) is 2.40. The maximum atomic E-state index is 5.63. The van der Waals surface area contributed by atoms with E-state index in [1.165, 1.54) is 5.56 Å². The van der Waals surface area contributed by atoms with E-state index < -0.39 is 0 Å². The van der Waals surface area contributed by atoms with Gasteiger partial charge < -0.3 is 4.74 Å². The molecule has 2 aromatic heterocycles. The highest BCUT2D eigenvalue weighted by molar-refractivity contribution is 5.06. The lowest BCUT2D eigenvalue weighted by Gasteiger charge is -2.01. The van der Waals surface area contributed by atoms with Gasteiger partial charge in [0, 0.05) is 24.0 Å². The van der Waals surface area contributed by atoms with Gasteiger partial charge in [-0.3, -0.25) is 4.98 Å². The molecule has 2 aromatic rings. The molecular weight excluding hydrogens is 212 g/mol. The maximum Gasteiger partial charge on any atom is 0.252 e. The van der Waals surface area contributed by atoms with Gasteiger partial charge in [-0.05, 0) is 24.1 Å². The zero-order chi connectivity index (χ0) is 11.9. The summed E-state index contributed by atoms with van der Waals surface area (Å²) >= 11 is 0. The Bertz CT molecular complexity index is 457. The van der Waals surface area contributed by atoms with Crippen LogP contribution in [0.25, 0.3) is 0 Å². The van der Waals surface area contributed by atoms with Gasteiger partial charge in [0.05, 0.1) is 6.61 Å². The molecule has 3 heteroatoms. The van der Waals surface area contributed by atoms with Crippen molar-refractivity contribution in [3.8, 4) is 0 Å². The summed E-state index contributed by atoms with van der Waals surface area (Å²) < 4.78 is 7.68. The van der Waals surface area contributed by atoms with E-state index in [0.717, 1.165) is 12.0 Å². The van der Waals surface area contributed by atoms with Gasteiger partial charge in [-0.25, -0.2) is 0 Å². The van der Waals surface area contributed by atoms with E-state index in [-0.39, 0.29) is 0 Å². The molecule has 0 bridgehead atoms. The minimum Gasteiger partial charge on any atom is -0.318 e. The van der Waals surface area contributed by atoms with Crippen LogP contribution in [0.1, 0.15) is 18.1 Å². The van der Waals surface area contributed by atoms with Crippen molar-refractivity contribution in [3.63, 3.8) is 0 Å². The normalized spacial score (nSPS) is 10.4. The van der Waals surface area contributed by atoms with Crippen molar-refractivity contribution in [1.82, 2.24) is 4.98 Å². The van der Waals surface area contributed by atoms with E-state index in [4.69, 9.17) is 4.74 Å². The molecule has 0 atom stereocenters. The van der Waals surface area contributed by atoms with Crippen molar-refractivity contribution < 1.29 is 9.30 Å².